The van der Waals surface area contributed by atoms with Crippen molar-refractivity contribution >= 4 is 11.8 Å². The summed E-state index contributed by atoms with van der Waals surface area (Å²) in [6.07, 6.45) is 0. The Morgan fingerprint density at radius 2 is 1.00 bits per heavy atom. The number of nitrogens with two attached hydrogens (primary N) is 1. The summed E-state index contributed by atoms with van der Waals surface area (Å²) < 4.78 is 34.0. The molecule has 0 aromatic heterocycles. The van der Waals surface area contributed by atoms with Gasteiger partial charge in [0.15, 0.2) is 34.5 Å². The molecule has 15 N–H and O–H groups in total. The van der Waals surface area contributed by atoms with Crippen molar-refractivity contribution in [2.24, 2.45) is 5.84 Å². The first kappa shape index (κ1) is 30.4. The standard InChI is InChI=1S/2C7H8N2O4.ClHO4.H2O/c2*8-9-7(13)3-1-4(10)6(12)5(11)2-3;2-1(3,4)5;/h2*1-2,10-12H,8H2,(H,9,13);(H,2,3,4,5);1H2. The van der Waals surface area contributed by atoms with Crippen LogP contribution in [0.15, 0.2) is 24.3 Å². The van der Waals surface area contributed by atoms with Gasteiger partial charge < -0.3 is 36.1 Å². The Bertz CT molecular complexity index is 814. The van der Waals surface area contributed by atoms with Crippen LogP contribution in [0.1, 0.15) is 20.7 Å². The number of hydrogen-bond acceptors (Lipinski definition) is 13. The molecule has 0 unspecified atom stereocenters. The van der Waals surface area contributed by atoms with E-state index in [0.29, 0.717) is 0 Å². The van der Waals surface area contributed by atoms with Gasteiger partial charge in [-0.05, 0) is 24.3 Å². The van der Waals surface area contributed by atoms with Gasteiger partial charge in [0.1, 0.15) is 0 Å². The zero-order chi connectivity index (χ0) is 24.5. The third-order valence-corrected chi connectivity index (χ3v) is 2.96. The number of rotatable bonds is 2. The summed E-state index contributed by atoms with van der Waals surface area (Å²) in [6.45, 7) is 0. The highest BCUT2D eigenvalue weighted by atomic mass is 35.7. The van der Waals surface area contributed by atoms with Crippen molar-refractivity contribution in [2.45, 2.75) is 0 Å². The van der Waals surface area contributed by atoms with Crippen molar-refractivity contribution in [1.29, 1.82) is 0 Å². The molecule has 0 spiro atoms. The molecular weight excluding hydrogens is 468 g/mol. The topological polar surface area (TPSA) is 357 Å². The van der Waals surface area contributed by atoms with Crippen LogP contribution in [0.5, 0.6) is 34.5 Å². The highest BCUT2D eigenvalue weighted by Crippen LogP contribution is 2.35. The number of quaternary nitrogens is 1. The van der Waals surface area contributed by atoms with E-state index < -0.39 is 56.6 Å². The summed E-state index contributed by atoms with van der Waals surface area (Å²) >= 11 is 0. The fourth-order valence-corrected chi connectivity index (χ4v) is 1.66. The Morgan fingerprint density at radius 1 is 0.750 bits per heavy atom. The van der Waals surface area contributed by atoms with Gasteiger partial charge in [-0.15, -0.1) is 10.2 Å². The lowest BCUT2D eigenvalue weighted by atomic mass is 10.2. The number of hydrogen-bond donors (Lipinski definition) is 10. The molecule has 17 nitrogen and oxygen atoms in total. The van der Waals surface area contributed by atoms with Crippen LogP contribution in [0.25, 0.3) is 0 Å². The minimum absolute atomic E-state index is 0. The molecule has 2 aromatic carbocycles. The van der Waals surface area contributed by atoms with Crippen LogP contribution in [0.2, 0.25) is 0 Å². The number of carbonyl (C=O) groups excluding carboxylic acids is 2. The molecule has 0 bridgehead atoms. The van der Waals surface area contributed by atoms with E-state index in [1.54, 1.807) is 0 Å². The molecule has 2 amide bonds. The molecule has 0 aliphatic heterocycles. The van der Waals surface area contributed by atoms with Crippen LogP contribution in [0.3, 0.4) is 0 Å². The molecule has 0 aliphatic carbocycles. The average molecular weight is 487 g/mol. The van der Waals surface area contributed by atoms with E-state index in [9.17, 15) is 9.59 Å². The first-order valence-electron chi connectivity index (χ1n) is 7.32. The molecule has 0 radical (unpaired) electrons. The number of nitrogen functional groups attached to an aromatic ring is 1. The largest absolute Gasteiger partial charge is 0.504 e. The van der Waals surface area contributed by atoms with Crippen LogP contribution in [0, 0.1) is 10.2 Å². The molecule has 180 valence electrons. The lowest BCUT2D eigenvalue weighted by molar-refractivity contribution is -2.00. The van der Waals surface area contributed by atoms with Gasteiger partial charge >= 0.3 is 0 Å². The smallest absolute Gasteiger partial charge is 0.296 e. The van der Waals surface area contributed by atoms with Crippen molar-refractivity contribution in [3.05, 3.63) is 35.4 Å². The maximum atomic E-state index is 11.0. The molecule has 32 heavy (non-hydrogen) atoms. The molecule has 0 fully saturated rings. The fourth-order valence-electron chi connectivity index (χ4n) is 1.66. The first-order valence-corrected chi connectivity index (χ1v) is 8.55. The molecule has 0 heterocycles. The van der Waals surface area contributed by atoms with Crippen molar-refractivity contribution in [1.82, 2.24) is 10.9 Å². The SMILES string of the molecule is NNC(=O)c1cc(O)c(O)c(O)c1.O.[NH3+]NC(=O)c1cc(O)c(O)c(O)c1.[O-][Cl+3]([O-])([O-])[O-]. The van der Waals surface area contributed by atoms with E-state index in [4.69, 9.17) is 55.1 Å². The number of nitrogens with one attached hydrogen (secondary N) is 2. The second kappa shape index (κ2) is 12.8. The highest BCUT2D eigenvalue weighted by Gasteiger charge is 2.13. The second-order valence-corrected chi connectivity index (χ2v) is 5.84. The molecule has 18 heteroatoms. The summed E-state index contributed by atoms with van der Waals surface area (Å²) in [5.74, 6) is 3.09. The van der Waals surface area contributed by atoms with E-state index in [1.807, 2.05) is 5.43 Å². The number of hydrazine groups is 1. The third-order valence-electron chi connectivity index (χ3n) is 2.96. The predicted molar refractivity (Wildman–Crippen MR) is 88.5 cm³/mol. The number of carbonyl (C=O) groups is 2. The highest BCUT2D eigenvalue weighted by molar-refractivity contribution is 5.95. The zero-order valence-electron chi connectivity index (χ0n) is 15.6. The molecule has 0 atom stereocenters. The second-order valence-electron chi connectivity index (χ2n) is 5.08. The molecule has 0 saturated heterocycles. The van der Waals surface area contributed by atoms with E-state index >= 15 is 0 Å². The molecule has 0 aliphatic rings. The Balaban J connectivity index is 0. The van der Waals surface area contributed by atoms with E-state index in [1.165, 1.54) is 0 Å². The Kier molecular flexibility index (Phi) is 12.1. The van der Waals surface area contributed by atoms with Crippen LogP contribution in [0.4, 0.5) is 0 Å². The van der Waals surface area contributed by atoms with Gasteiger partial charge in [0.25, 0.3) is 11.8 Å². The summed E-state index contributed by atoms with van der Waals surface area (Å²) in [5.41, 5.74) is 3.85. The molecule has 2 aromatic rings. The van der Waals surface area contributed by atoms with Gasteiger partial charge in [0, 0.05) is 5.56 Å². The van der Waals surface area contributed by atoms with Gasteiger partial charge in [0.2, 0.25) is 0 Å². The monoisotopic (exact) mass is 486 g/mol. The van der Waals surface area contributed by atoms with Crippen molar-refractivity contribution < 1.29 is 80.4 Å². The summed E-state index contributed by atoms with van der Waals surface area (Å²) in [6, 6.07) is 4.01. The maximum absolute atomic E-state index is 11.0. The third kappa shape index (κ3) is 10.3. The first-order chi connectivity index (χ1) is 14.1. The van der Waals surface area contributed by atoms with Gasteiger partial charge in [-0.1, -0.05) is 0 Å². The lowest BCUT2D eigenvalue weighted by Crippen LogP contribution is -2.68. The maximum Gasteiger partial charge on any atom is 0.296 e. The summed E-state index contributed by atoms with van der Waals surface area (Å²) in [7, 11) is -4.94. The molecule has 2 rings (SSSR count). The number of phenols is 6. The predicted octanol–water partition coefficient (Wildman–Crippen LogP) is -7.48. The van der Waals surface area contributed by atoms with Gasteiger partial charge in [-0.2, -0.15) is 0 Å². The number of benzene rings is 2. The van der Waals surface area contributed by atoms with Crippen molar-refractivity contribution in [3.63, 3.8) is 0 Å². The summed E-state index contributed by atoms with van der Waals surface area (Å²) in [5, 5.41) is 53.9. The minimum Gasteiger partial charge on any atom is -0.504 e. The molecular formula is C14H19ClN4O13. The van der Waals surface area contributed by atoms with Crippen molar-refractivity contribution in [2.75, 3.05) is 0 Å². The fraction of sp³-hybridized carbons (Fsp3) is 0. The zero-order valence-corrected chi connectivity index (χ0v) is 16.4. The molecule has 0 saturated carbocycles. The number of amides is 2. The van der Waals surface area contributed by atoms with Crippen LogP contribution in [-0.2, 0) is 0 Å². The van der Waals surface area contributed by atoms with Crippen LogP contribution in [-0.4, -0.2) is 47.9 Å². The van der Waals surface area contributed by atoms with E-state index in [0.717, 1.165) is 24.3 Å². The Morgan fingerprint density at radius 3 is 1.22 bits per heavy atom. The average Bonchev–Trinajstić information content (AvgIpc) is 2.67. The van der Waals surface area contributed by atoms with E-state index in [-0.39, 0.29) is 16.6 Å². The van der Waals surface area contributed by atoms with Gasteiger partial charge in [0.05, 0.1) is 5.56 Å². The van der Waals surface area contributed by atoms with Crippen molar-refractivity contribution in [3.8, 4) is 34.5 Å². The van der Waals surface area contributed by atoms with Gasteiger partial charge in [-0.25, -0.2) is 29.9 Å². The number of phenolic OH excluding ortho intramolecular Hbond substituents is 6. The number of halogens is 1. The lowest BCUT2D eigenvalue weighted by Gasteiger charge is -2.17. The summed E-state index contributed by atoms with van der Waals surface area (Å²) in [4.78, 5) is 21.8. The normalized spacial score (nSPS) is 9.69. The van der Waals surface area contributed by atoms with E-state index in [2.05, 4.69) is 11.3 Å². The van der Waals surface area contributed by atoms with Gasteiger partial charge in [-0.3, -0.25) is 20.9 Å². The minimum atomic E-state index is -4.94. The Labute approximate surface area is 179 Å². The van der Waals surface area contributed by atoms with Crippen LogP contribution < -0.4 is 41.2 Å². The Hall–Kier alpha value is -3.81. The quantitative estimate of drug-likeness (QED) is 0.0816. The number of aromatic hydroxyl groups is 6. The van der Waals surface area contributed by atoms with Crippen LogP contribution >= 0.6 is 0 Å².